The van der Waals surface area contributed by atoms with Gasteiger partial charge in [-0.1, -0.05) is 42.5 Å². The molecule has 2 heterocycles. The fourth-order valence-electron chi connectivity index (χ4n) is 4.18. The van der Waals surface area contributed by atoms with Gasteiger partial charge in [-0.2, -0.15) is 0 Å². The number of aromatic nitrogens is 2. The molecule has 0 aliphatic heterocycles. The number of carbonyl (C=O) groups is 1. The lowest BCUT2D eigenvalue weighted by molar-refractivity contribution is -0.162. The molecule has 0 saturated heterocycles. The molecule has 4 aromatic rings. The first-order chi connectivity index (χ1) is 18.1. The van der Waals surface area contributed by atoms with Crippen molar-refractivity contribution in [2.24, 2.45) is 0 Å². The van der Waals surface area contributed by atoms with E-state index in [9.17, 15) is 4.79 Å². The molecule has 200 valence electrons. The number of ether oxygens (including phenoxy) is 4. The van der Waals surface area contributed by atoms with Crippen LogP contribution in [0.15, 0.2) is 65.3 Å². The van der Waals surface area contributed by atoms with Gasteiger partial charge in [-0.3, -0.25) is 0 Å². The summed E-state index contributed by atoms with van der Waals surface area (Å²) >= 11 is 0. The summed E-state index contributed by atoms with van der Waals surface area (Å²) in [5, 5.41) is 0.686. The third kappa shape index (κ3) is 6.69. The van der Waals surface area contributed by atoms with Gasteiger partial charge in [-0.05, 0) is 52.3 Å². The quantitative estimate of drug-likeness (QED) is 0.221. The Hall–Kier alpha value is -3.91. The van der Waals surface area contributed by atoms with Crippen molar-refractivity contribution >= 4 is 17.1 Å². The molecule has 2 unspecified atom stereocenters. The number of fused-ring (bicyclic) bond motifs is 1. The predicted octanol–water partition coefficient (Wildman–Crippen LogP) is 6.47. The molecule has 0 aliphatic carbocycles. The van der Waals surface area contributed by atoms with Crippen LogP contribution in [0.4, 0.5) is 0 Å². The molecule has 2 aromatic heterocycles. The van der Waals surface area contributed by atoms with Crippen molar-refractivity contribution in [3.8, 4) is 34.1 Å². The summed E-state index contributed by atoms with van der Waals surface area (Å²) in [6.07, 6.45) is 1.47. The molecule has 0 aliphatic rings. The zero-order valence-electron chi connectivity index (χ0n) is 22.7. The Morgan fingerprint density at radius 1 is 0.947 bits per heavy atom. The van der Waals surface area contributed by atoms with Crippen molar-refractivity contribution in [1.82, 2.24) is 9.97 Å². The zero-order chi connectivity index (χ0) is 27.3. The largest absolute Gasteiger partial charge is 0.497 e. The normalized spacial score (nSPS) is 13.2. The Kier molecular flexibility index (Phi) is 8.32. The average molecular weight is 519 g/mol. The fraction of sp³-hybridized carbons (Fsp3) is 0.367. The highest BCUT2D eigenvalue weighted by atomic mass is 16.6. The van der Waals surface area contributed by atoms with E-state index in [-0.39, 0.29) is 18.8 Å². The van der Waals surface area contributed by atoms with E-state index in [0.29, 0.717) is 29.2 Å². The van der Waals surface area contributed by atoms with E-state index in [0.717, 1.165) is 22.4 Å². The first-order valence-corrected chi connectivity index (χ1v) is 12.6. The maximum absolute atomic E-state index is 12.0. The van der Waals surface area contributed by atoms with Crippen LogP contribution in [0.5, 0.6) is 11.6 Å². The summed E-state index contributed by atoms with van der Waals surface area (Å²) in [4.78, 5) is 20.9. The molecule has 0 fully saturated rings. The van der Waals surface area contributed by atoms with E-state index >= 15 is 0 Å². The number of benzene rings is 2. The van der Waals surface area contributed by atoms with Crippen LogP contribution in [0.25, 0.3) is 33.6 Å². The highest BCUT2D eigenvalue weighted by Gasteiger charge is 2.24. The van der Waals surface area contributed by atoms with Crippen LogP contribution in [0.1, 0.15) is 41.0 Å². The lowest BCUT2D eigenvalue weighted by atomic mass is 9.99. The molecular weight excluding hydrogens is 484 g/mol. The van der Waals surface area contributed by atoms with Gasteiger partial charge < -0.3 is 23.4 Å². The van der Waals surface area contributed by atoms with E-state index in [1.165, 1.54) is 6.33 Å². The summed E-state index contributed by atoms with van der Waals surface area (Å²) in [7, 11) is 1.64. The number of hydrogen-bond acceptors (Lipinski definition) is 8. The van der Waals surface area contributed by atoms with Crippen LogP contribution in [0.3, 0.4) is 0 Å². The number of esters is 1. The first kappa shape index (κ1) is 27.1. The van der Waals surface area contributed by atoms with Crippen molar-refractivity contribution in [3.05, 3.63) is 60.9 Å². The van der Waals surface area contributed by atoms with E-state index in [4.69, 9.17) is 23.4 Å². The number of carbonyl (C=O) groups excluding carboxylic acids is 1. The van der Waals surface area contributed by atoms with Gasteiger partial charge in [-0.25, -0.2) is 14.8 Å². The lowest BCUT2D eigenvalue weighted by Gasteiger charge is -2.22. The number of methoxy groups -OCH3 is 1. The van der Waals surface area contributed by atoms with Crippen LogP contribution in [-0.2, 0) is 14.3 Å². The van der Waals surface area contributed by atoms with Crippen molar-refractivity contribution in [3.63, 3.8) is 0 Å². The smallest absolute Gasteiger partial charge is 0.332 e. The van der Waals surface area contributed by atoms with Gasteiger partial charge in [-0.15, -0.1) is 0 Å². The Morgan fingerprint density at radius 2 is 1.66 bits per heavy atom. The van der Waals surface area contributed by atoms with Gasteiger partial charge in [0.05, 0.1) is 13.2 Å². The molecular formula is C30H34N2O6. The maximum Gasteiger partial charge on any atom is 0.332 e. The zero-order valence-corrected chi connectivity index (χ0v) is 22.7. The third-order valence-corrected chi connectivity index (χ3v) is 5.75. The molecule has 0 N–H and O–H groups in total. The summed E-state index contributed by atoms with van der Waals surface area (Å²) in [6.45, 7) is 9.19. The molecule has 0 radical (unpaired) electrons. The third-order valence-electron chi connectivity index (χ3n) is 5.75. The minimum Gasteiger partial charge on any atom is -0.497 e. The van der Waals surface area contributed by atoms with Crippen molar-refractivity contribution < 1.29 is 28.2 Å². The minimum absolute atomic E-state index is 0.118. The second-order valence-electron chi connectivity index (χ2n) is 10.1. The van der Waals surface area contributed by atoms with Crippen molar-refractivity contribution in [2.75, 3.05) is 13.7 Å². The summed E-state index contributed by atoms with van der Waals surface area (Å²) < 4.78 is 28.9. The summed E-state index contributed by atoms with van der Waals surface area (Å²) in [5.74, 6) is 1.45. The second-order valence-corrected chi connectivity index (χ2v) is 10.1. The summed E-state index contributed by atoms with van der Waals surface area (Å²) in [5.41, 5.74) is 2.56. The molecule has 0 bridgehead atoms. The molecule has 8 nitrogen and oxygen atoms in total. The van der Waals surface area contributed by atoms with Gasteiger partial charge >= 0.3 is 5.97 Å². The van der Waals surface area contributed by atoms with Crippen LogP contribution in [0, 0.1) is 0 Å². The molecule has 0 amide bonds. The van der Waals surface area contributed by atoms with Crippen LogP contribution >= 0.6 is 0 Å². The van der Waals surface area contributed by atoms with E-state index in [1.54, 1.807) is 7.11 Å². The Labute approximate surface area is 222 Å². The second kappa shape index (κ2) is 11.6. The van der Waals surface area contributed by atoms with Crippen molar-refractivity contribution in [2.45, 2.75) is 58.8 Å². The molecule has 0 saturated carbocycles. The SMILES string of the molecule is COc1ccc(-c2c(-c3ccccc3)oc3ncnc(OC(C)CC(C)OCC(=O)OC(C)(C)C)c23)cc1. The van der Waals surface area contributed by atoms with Gasteiger partial charge in [0.15, 0.2) is 0 Å². The monoisotopic (exact) mass is 518 g/mol. The van der Waals surface area contributed by atoms with Crippen molar-refractivity contribution in [1.29, 1.82) is 0 Å². The maximum atomic E-state index is 12.0. The van der Waals surface area contributed by atoms with E-state index in [2.05, 4.69) is 9.97 Å². The van der Waals surface area contributed by atoms with Crippen LogP contribution in [-0.4, -0.2) is 47.5 Å². The first-order valence-electron chi connectivity index (χ1n) is 12.6. The minimum atomic E-state index is -0.552. The molecule has 4 rings (SSSR count). The van der Waals surface area contributed by atoms with Gasteiger partial charge in [0, 0.05) is 17.5 Å². The summed E-state index contributed by atoms with van der Waals surface area (Å²) in [6, 6.07) is 17.6. The van der Waals surface area contributed by atoms with Gasteiger partial charge in [0.2, 0.25) is 11.6 Å². The van der Waals surface area contributed by atoms with E-state index in [1.807, 2.05) is 89.2 Å². The molecule has 2 aromatic carbocycles. The fourth-order valence-corrected chi connectivity index (χ4v) is 4.18. The standard InChI is InChI=1S/C30H34N2O6/c1-19(35-17-24(33)38-30(3,4)5)16-20(2)36-28-26-25(21-12-14-23(34-6)15-13-21)27(22-10-8-7-9-11-22)37-29(26)32-18-31-28/h7-15,18-20H,16-17H2,1-6H3. The lowest BCUT2D eigenvalue weighted by Crippen LogP contribution is -2.29. The Balaban J connectivity index is 1.61. The molecule has 38 heavy (non-hydrogen) atoms. The molecule has 2 atom stereocenters. The van der Waals surface area contributed by atoms with E-state index < -0.39 is 11.6 Å². The number of rotatable bonds is 10. The van der Waals surface area contributed by atoms with Crippen LogP contribution in [0.2, 0.25) is 0 Å². The predicted molar refractivity (Wildman–Crippen MR) is 145 cm³/mol. The van der Waals surface area contributed by atoms with Crippen LogP contribution < -0.4 is 9.47 Å². The highest BCUT2D eigenvalue weighted by molar-refractivity contribution is 6.03. The Bertz CT molecular complexity index is 1360. The molecule has 8 heteroatoms. The topological polar surface area (TPSA) is 92.9 Å². The number of furan rings is 1. The van der Waals surface area contributed by atoms with Gasteiger partial charge in [0.25, 0.3) is 0 Å². The number of nitrogens with zero attached hydrogens (tertiary/aromatic N) is 2. The Morgan fingerprint density at radius 3 is 2.32 bits per heavy atom. The van der Waals surface area contributed by atoms with Gasteiger partial charge in [0.1, 0.15) is 41.5 Å². The molecule has 0 spiro atoms. The number of hydrogen-bond donors (Lipinski definition) is 0. The highest BCUT2D eigenvalue weighted by Crippen LogP contribution is 2.43. The average Bonchev–Trinajstić information content (AvgIpc) is 3.28.